The molecule has 0 aliphatic rings. The molecule has 2 nitrogen and oxygen atoms in total. The third-order valence-corrected chi connectivity index (χ3v) is 4.59. The Hall–Kier alpha value is -2.39. The maximum Gasteiger partial charge on any atom is 0.266 e. The second-order valence-corrected chi connectivity index (χ2v) is 6.12. The van der Waals surface area contributed by atoms with Crippen LogP contribution in [-0.4, -0.2) is 5.91 Å². The molecule has 0 bridgehead atoms. The summed E-state index contributed by atoms with van der Waals surface area (Å²) in [5, 5.41) is 4.99. The minimum absolute atomic E-state index is 0.0342. The average Bonchev–Trinajstić information content (AvgIpc) is 2.96. The first-order chi connectivity index (χ1) is 10.7. The van der Waals surface area contributed by atoms with Crippen LogP contribution in [0.1, 0.15) is 26.4 Å². The second-order valence-electron chi connectivity index (χ2n) is 5.21. The SMILES string of the molecule is Cc1ccsc1C(=O)Nc1ccccc1Cc1ccccc1. The Balaban J connectivity index is 1.83. The average molecular weight is 307 g/mol. The molecule has 3 rings (SSSR count). The first-order valence-electron chi connectivity index (χ1n) is 7.21. The Bertz CT molecular complexity index is 777. The minimum atomic E-state index is -0.0342. The molecule has 0 saturated carbocycles. The van der Waals surface area contributed by atoms with E-state index in [1.807, 2.05) is 54.8 Å². The van der Waals surface area contributed by atoms with E-state index in [2.05, 4.69) is 23.5 Å². The number of benzene rings is 2. The van der Waals surface area contributed by atoms with E-state index >= 15 is 0 Å². The maximum atomic E-state index is 12.4. The van der Waals surface area contributed by atoms with E-state index in [1.165, 1.54) is 16.9 Å². The molecule has 3 aromatic rings. The first-order valence-corrected chi connectivity index (χ1v) is 8.09. The van der Waals surface area contributed by atoms with Crippen molar-refractivity contribution in [2.45, 2.75) is 13.3 Å². The molecular weight excluding hydrogens is 290 g/mol. The fraction of sp³-hybridized carbons (Fsp3) is 0.105. The molecule has 22 heavy (non-hydrogen) atoms. The quantitative estimate of drug-likeness (QED) is 0.730. The van der Waals surface area contributed by atoms with Crippen molar-refractivity contribution in [2.75, 3.05) is 5.32 Å². The van der Waals surface area contributed by atoms with Gasteiger partial charge in [0.15, 0.2) is 0 Å². The van der Waals surface area contributed by atoms with Gasteiger partial charge in [-0.1, -0.05) is 48.5 Å². The topological polar surface area (TPSA) is 29.1 Å². The fourth-order valence-corrected chi connectivity index (χ4v) is 3.22. The van der Waals surface area contributed by atoms with Gasteiger partial charge >= 0.3 is 0 Å². The fourth-order valence-electron chi connectivity index (χ4n) is 2.40. The van der Waals surface area contributed by atoms with E-state index < -0.39 is 0 Å². The second kappa shape index (κ2) is 6.58. The number of thiophene rings is 1. The molecule has 0 fully saturated rings. The molecule has 3 heteroatoms. The van der Waals surface area contributed by atoms with Gasteiger partial charge in [-0.25, -0.2) is 0 Å². The zero-order chi connectivity index (χ0) is 15.4. The van der Waals surface area contributed by atoms with Crippen molar-refractivity contribution in [1.29, 1.82) is 0 Å². The Morgan fingerprint density at radius 2 is 1.73 bits per heavy atom. The molecule has 0 spiro atoms. The van der Waals surface area contributed by atoms with Crippen LogP contribution in [0.4, 0.5) is 5.69 Å². The summed E-state index contributed by atoms with van der Waals surface area (Å²) in [6, 6.07) is 20.2. The Labute approximate surface area is 134 Å². The summed E-state index contributed by atoms with van der Waals surface area (Å²) in [6.07, 6.45) is 0.806. The predicted molar refractivity (Wildman–Crippen MR) is 92.7 cm³/mol. The zero-order valence-electron chi connectivity index (χ0n) is 12.4. The number of carbonyl (C=O) groups excluding carboxylic acids is 1. The highest BCUT2D eigenvalue weighted by Gasteiger charge is 2.12. The van der Waals surface area contributed by atoms with Crippen molar-refractivity contribution < 1.29 is 4.79 Å². The van der Waals surface area contributed by atoms with E-state index in [4.69, 9.17) is 0 Å². The normalized spacial score (nSPS) is 10.4. The summed E-state index contributed by atoms with van der Waals surface area (Å²) in [4.78, 5) is 13.2. The van der Waals surface area contributed by atoms with E-state index in [9.17, 15) is 4.79 Å². The summed E-state index contributed by atoms with van der Waals surface area (Å²) in [5.41, 5.74) is 4.25. The van der Waals surface area contributed by atoms with Gasteiger partial charge in [-0.3, -0.25) is 4.79 Å². The molecule has 1 amide bonds. The zero-order valence-corrected chi connectivity index (χ0v) is 13.2. The molecule has 0 atom stereocenters. The molecule has 2 aromatic carbocycles. The molecule has 1 aromatic heterocycles. The van der Waals surface area contributed by atoms with Gasteiger partial charge < -0.3 is 5.32 Å². The lowest BCUT2D eigenvalue weighted by molar-refractivity contribution is 0.103. The van der Waals surface area contributed by atoms with E-state index in [-0.39, 0.29) is 5.91 Å². The van der Waals surface area contributed by atoms with Crippen LogP contribution in [0.3, 0.4) is 0 Å². The number of hydrogen-bond acceptors (Lipinski definition) is 2. The maximum absolute atomic E-state index is 12.4. The van der Waals surface area contributed by atoms with Gasteiger partial charge in [-0.2, -0.15) is 0 Å². The van der Waals surface area contributed by atoms with Crippen molar-refractivity contribution in [3.63, 3.8) is 0 Å². The lowest BCUT2D eigenvalue weighted by Gasteiger charge is -2.11. The van der Waals surface area contributed by atoms with Crippen LogP contribution >= 0.6 is 11.3 Å². The van der Waals surface area contributed by atoms with Crippen LogP contribution < -0.4 is 5.32 Å². The van der Waals surface area contributed by atoms with Crippen LogP contribution in [0.5, 0.6) is 0 Å². The van der Waals surface area contributed by atoms with E-state index in [0.717, 1.165) is 28.1 Å². The first kappa shape index (κ1) is 14.5. The Kier molecular flexibility index (Phi) is 4.35. The minimum Gasteiger partial charge on any atom is -0.321 e. The molecule has 0 aliphatic carbocycles. The largest absolute Gasteiger partial charge is 0.321 e. The van der Waals surface area contributed by atoms with Crippen LogP contribution in [0.15, 0.2) is 66.0 Å². The summed E-state index contributed by atoms with van der Waals surface area (Å²) in [6.45, 7) is 1.96. The number of nitrogens with one attached hydrogen (secondary N) is 1. The van der Waals surface area contributed by atoms with Gasteiger partial charge in [0.1, 0.15) is 0 Å². The van der Waals surface area contributed by atoms with Crippen molar-refractivity contribution in [2.24, 2.45) is 0 Å². The highest BCUT2D eigenvalue weighted by molar-refractivity contribution is 7.12. The summed E-state index contributed by atoms with van der Waals surface area (Å²) >= 11 is 1.47. The molecule has 0 aliphatic heterocycles. The summed E-state index contributed by atoms with van der Waals surface area (Å²) in [7, 11) is 0. The van der Waals surface area contributed by atoms with Crippen molar-refractivity contribution >= 4 is 22.9 Å². The number of aryl methyl sites for hydroxylation is 1. The lowest BCUT2D eigenvalue weighted by atomic mass is 10.0. The monoisotopic (exact) mass is 307 g/mol. The van der Waals surface area contributed by atoms with Crippen LogP contribution in [0.25, 0.3) is 0 Å². The highest BCUT2D eigenvalue weighted by atomic mass is 32.1. The highest BCUT2D eigenvalue weighted by Crippen LogP contribution is 2.22. The molecule has 0 saturated heterocycles. The Morgan fingerprint density at radius 1 is 1.00 bits per heavy atom. The molecule has 0 unspecified atom stereocenters. The molecule has 1 heterocycles. The number of amides is 1. The van der Waals surface area contributed by atoms with Gasteiger partial charge in [0.25, 0.3) is 5.91 Å². The van der Waals surface area contributed by atoms with Crippen molar-refractivity contribution in [1.82, 2.24) is 0 Å². The van der Waals surface area contributed by atoms with Crippen molar-refractivity contribution in [3.8, 4) is 0 Å². The van der Waals surface area contributed by atoms with E-state index in [1.54, 1.807) is 0 Å². The standard InChI is InChI=1S/C19H17NOS/c1-14-11-12-22-18(14)19(21)20-17-10-6-5-9-16(17)13-15-7-3-2-4-8-15/h2-12H,13H2,1H3,(H,20,21). The van der Waals surface area contributed by atoms with Gasteiger partial charge in [0.2, 0.25) is 0 Å². The molecule has 0 radical (unpaired) electrons. The number of carbonyl (C=O) groups is 1. The third kappa shape index (κ3) is 3.26. The van der Waals surface area contributed by atoms with Crippen molar-refractivity contribution in [3.05, 3.63) is 87.6 Å². The number of hydrogen-bond donors (Lipinski definition) is 1. The Morgan fingerprint density at radius 3 is 2.45 bits per heavy atom. The number of anilines is 1. The molecular formula is C19H17NOS. The predicted octanol–water partition coefficient (Wildman–Crippen LogP) is 4.90. The van der Waals surface area contributed by atoms with Gasteiger partial charge in [0.05, 0.1) is 4.88 Å². The van der Waals surface area contributed by atoms with Gasteiger partial charge in [-0.15, -0.1) is 11.3 Å². The van der Waals surface area contributed by atoms with E-state index in [0.29, 0.717) is 0 Å². The van der Waals surface area contributed by atoms with Crippen LogP contribution in [0.2, 0.25) is 0 Å². The van der Waals surface area contributed by atoms with Gasteiger partial charge in [-0.05, 0) is 47.5 Å². The molecule has 1 N–H and O–H groups in total. The third-order valence-electron chi connectivity index (χ3n) is 3.57. The number of para-hydroxylation sites is 1. The summed E-state index contributed by atoms with van der Waals surface area (Å²) < 4.78 is 0. The smallest absolute Gasteiger partial charge is 0.266 e. The van der Waals surface area contributed by atoms with Crippen LogP contribution in [-0.2, 0) is 6.42 Å². The molecule has 110 valence electrons. The lowest BCUT2D eigenvalue weighted by Crippen LogP contribution is -2.13. The van der Waals surface area contributed by atoms with Crippen LogP contribution in [0, 0.1) is 6.92 Å². The van der Waals surface area contributed by atoms with Gasteiger partial charge in [0, 0.05) is 5.69 Å². The summed E-state index contributed by atoms with van der Waals surface area (Å²) in [5.74, 6) is -0.0342. The number of rotatable bonds is 4.